The zero-order valence-corrected chi connectivity index (χ0v) is 22.6. The van der Waals surface area contributed by atoms with E-state index < -0.39 is 5.41 Å². The third-order valence-corrected chi connectivity index (χ3v) is 11.5. The molecule has 5 aliphatic rings. The monoisotopic (exact) mass is 491 g/mol. The summed E-state index contributed by atoms with van der Waals surface area (Å²) < 4.78 is 4.99. The molecule has 7 atom stereocenters. The molecule has 36 heavy (non-hydrogen) atoms. The predicted octanol–water partition coefficient (Wildman–Crippen LogP) is 6.13. The molecule has 0 saturated heterocycles. The zero-order valence-electron chi connectivity index (χ0n) is 22.6. The van der Waals surface area contributed by atoms with Crippen LogP contribution in [0.1, 0.15) is 91.9 Å². The average molecular weight is 492 g/mol. The third kappa shape index (κ3) is 3.65. The first-order chi connectivity index (χ1) is 16.9. The van der Waals surface area contributed by atoms with E-state index in [1.165, 1.54) is 7.11 Å². The van der Waals surface area contributed by atoms with Gasteiger partial charge in [-0.25, -0.2) is 0 Å². The van der Waals surface area contributed by atoms with Crippen LogP contribution < -0.4 is 0 Å². The van der Waals surface area contributed by atoms with Gasteiger partial charge in [0, 0.05) is 24.2 Å². The lowest BCUT2D eigenvalue weighted by molar-refractivity contribution is -0.150. The van der Waals surface area contributed by atoms with Crippen LogP contribution in [0.4, 0.5) is 0 Å². The topological polar surface area (TPSA) is 84.2 Å². The number of nitrogens with zero attached hydrogens (tertiary/aromatic N) is 1. The van der Waals surface area contributed by atoms with Gasteiger partial charge in [-0.05, 0) is 91.4 Å². The molecule has 3 saturated carbocycles. The van der Waals surface area contributed by atoms with Crippen molar-refractivity contribution in [3.05, 3.63) is 23.3 Å². The Morgan fingerprint density at radius 2 is 1.83 bits per heavy atom. The van der Waals surface area contributed by atoms with Crippen LogP contribution in [0.5, 0.6) is 0 Å². The SMILES string of the molecule is COC(=O)CC[C@@]12CCC3C(C(=O)C=C4C5(C)C=C(C#N)C(=O)CC5CCC43C)C1CC(C)(C)CC2. The molecule has 0 amide bonds. The van der Waals surface area contributed by atoms with Gasteiger partial charge in [0.05, 0.1) is 12.7 Å². The van der Waals surface area contributed by atoms with Crippen molar-refractivity contribution < 1.29 is 19.1 Å². The van der Waals surface area contributed by atoms with Gasteiger partial charge in [-0.15, -0.1) is 0 Å². The molecular formula is C31H41NO4. The molecule has 5 heteroatoms. The first-order valence-electron chi connectivity index (χ1n) is 13.9. The van der Waals surface area contributed by atoms with Gasteiger partial charge in [-0.2, -0.15) is 5.26 Å². The van der Waals surface area contributed by atoms with Crippen LogP contribution in [0.2, 0.25) is 0 Å². The van der Waals surface area contributed by atoms with E-state index in [0.29, 0.717) is 12.8 Å². The van der Waals surface area contributed by atoms with Crippen LogP contribution in [-0.2, 0) is 19.1 Å². The molecule has 0 aromatic heterocycles. The van der Waals surface area contributed by atoms with Gasteiger partial charge in [0.1, 0.15) is 6.07 Å². The summed E-state index contributed by atoms with van der Waals surface area (Å²) >= 11 is 0. The van der Waals surface area contributed by atoms with E-state index in [9.17, 15) is 19.6 Å². The van der Waals surface area contributed by atoms with E-state index in [4.69, 9.17) is 4.74 Å². The summed E-state index contributed by atoms with van der Waals surface area (Å²) in [7, 11) is 1.46. The molecule has 0 heterocycles. The van der Waals surface area contributed by atoms with Crippen LogP contribution in [0.15, 0.2) is 23.3 Å². The second-order valence-corrected chi connectivity index (χ2v) is 13.8. The first kappa shape index (κ1) is 25.4. The molecule has 0 spiro atoms. The lowest BCUT2D eigenvalue weighted by Crippen LogP contribution is -2.59. The molecule has 6 unspecified atom stereocenters. The minimum atomic E-state index is -0.419. The molecule has 3 fully saturated rings. The number of fused-ring (bicyclic) bond motifs is 7. The smallest absolute Gasteiger partial charge is 0.305 e. The van der Waals surface area contributed by atoms with E-state index in [0.717, 1.165) is 56.9 Å². The van der Waals surface area contributed by atoms with Gasteiger partial charge < -0.3 is 4.74 Å². The van der Waals surface area contributed by atoms with Crippen molar-refractivity contribution in [3.63, 3.8) is 0 Å². The van der Waals surface area contributed by atoms with Gasteiger partial charge in [-0.3, -0.25) is 14.4 Å². The number of allylic oxidation sites excluding steroid dienone is 4. The molecule has 5 rings (SSSR count). The summed E-state index contributed by atoms with van der Waals surface area (Å²) in [5, 5.41) is 9.62. The molecule has 5 nitrogen and oxygen atoms in total. The average Bonchev–Trinajstić information content (AvgIpc) is 2.83. The largest absolute Gasteiger partial charge is 0.469 e. The first-order valence-corrected chi connectivity index (χ1v) is 13.9. The number of methoxy groups -OCH3 is 1. The van der Waals surface area contributed by atoms with E-state index in [1.807, 2.05) is 12.2 Å². The number of carbonyl (C=O) groups is 3. The maximum Gasteiger partial charge on any atom is 0.305 e. The summed E-state index contributed by atoms with van der Waals surface area (Å²) in [6, 6.07) is 2.13. The number of esters is 1. The number of hydrogen-bond donors (Lipinski definition) is 0. The van der Waals surface area contributed by atoms with E-state index in [-0.39, 0.29) is 63.0 Å². The Morgan fingerprint density at radius 1 is 1.08 bits per heavy atom. The fourth-order valence-corrected chi connectivity index (χ4v) is 9.41. The minimum absolute atomic E-state index is 0.0190. The molecule has 0 aromatic rings. The normalized spacial score (nSPS) is 43.0. The fraction of sp³-hybridized carbons (Fsp3) is 0.742. The summed E-state index contributed by atoms with van der Waals surface area (Å²) in [6.45, 7) is 9.18. The molecule has 194 valence electrons. The summed E-state index contributed by atoms with van der Waals surface area (Å²) in [5.74, 6) is 0.707. The number of carbonyl (C=O) groups excluding carboxylic acids is 3. The Bertz CT molecular complexity index is 1110. The number of Topliss-reactive ketones (excluding diaryl/α,β-unsaturated/α-hetero) is 1. The van der Waals surface area contributed by atoms with Crippen molar-refractivity contribution in [2.45, 2.75) is 91.9 Å². The van der Waals surface area contributed by atoms with Crippen molar-refractivity contribution in [3.8, 4) is 6.07 Å². The van der Waals surface area contributed by atoms with Crippen LogP contribution >= 0.6 is 0 Å². The summed E-state index contributed by atoms with van der Waals surface area (Å²) in [4.78, 5) is 38.8. The number of nitriles is 1. The quantitative estimate of drug-likeness (QED) is 0.443. The van der Waals surface area contributed by atoms with E-state index in [2.05, 4.69) is 33.8 Å². The number of hydrogen-bond acceptors (Lipinski definition) is 5. The number of rotatable bonds is 3. The van der Waals surface area contributed by atoms with Crippen LogP contribution in [0.3, 0.4) is 0 Å². The Kier molecular flexibility index (Phi) is 5.93. The van der Waals surface area contributed by atoms with Crippen molar-refractivity contribution in [1.29, 1.82) is 5.26 Å². The zero-order chi connectivity index (χ0) is 26.1. The molecule has 5 aliphatic carbocycles. The minimum Gasteiger partial charge on any atom is -0.469 e. The molecular weight excluding hydrogens is 450 g/mol. The second-order valence-electron chi connectivity index (χ2n) is 13.8. The lowest BCUT2D eigenvalue weighted by Gasteiger charge is -2.64. The molecule has 0 aromatic carbocycles. The molecule has 0 radical (unpaired) electrons. The predicted molar refractivity (Wildman–Crippen MR) is 136 cm³/mol. The third-order valence-electron chi connectivity index (χ3n) is 11.5. The number of ketones is 2. The highest BCUT2D eigenvalue weighted by Crippen LogP contribution is 2.69. The van der Waals surface area contributed by atoms with Crippen molar-refractivity contribution in [2.75, 3.05) is 7.11 Å². The van der Waals surface area contributed by atoms with Crippen molar-refractivity contribution in [2.24, 2.45) is 45.3 Å². The van der Waals surface area contributed by atoms with E-state index in [1.54, 1.807) is 0 Å². The standard InChI is InChI=1S/C31H41NO4/c1-28(2)12-13-31(11-8-26(35)36-5)10-7-21-27(22(31)17-28)24(34)15-25-29(21,3)9-6-20-14-23(33)19(18-32)16-30(20,25)4/h15-16,20-22,27H,6-14,17H2,1-5H3/t20?,21?,22?,27?,29?,30?,31-/m1/s1. The Hall–Kier alpha value is -2.22. The highest BCUT2D eigenvalue weighted by atomic mass is 16.5. The maximum atomic E-state index is 14.1. The van der Waals surface area contributed by atoms with Gasteiger partial charge in [-0.1, -0.05) is 39.3 Å². The summed E-state index contributed by atoms with van der Waals surface area (Å²) in [6.07, 6.45) is 12.7. The molecule has 0 bridgehead atoms. The van der Waals surface area contributed by atoms with Gasteiger partial charge >= 0.3 is 5.97 Å². The highest BCUT2D eigenvalue weighted by molar-refractivity contribution is 6.01. The second kappa shape index (κ2) is 8.40. The van der Waals surface area contributed by atoms with Gasteiger partial charge in [0.15, 0.2) is 11.6 Å². The van der Waals surface area contributed by atoms with Gasteiger partial charge in [0.25, 0.3) is 0 Å². The van der Waals surface area contributed by atoms with Gasteiger partial charge in [0.2, 0.25) is 0 Å². The maximum absolute atomic E-state index is 14.1. The Labute approximate surface area is 215 Å². The van der Waals surface area contributed by atoms with Crippen LogP contribution in [0.25, 0.3) is 0 Å². The number of ether oxygens (including phenoxy) is 1. The Balaban J connectivity index is 1.57. The highest BCUT2D eigenvalue weighted by Gasteiger charge is 2.63. The van der Waals surface area contributed by atoms with Crippen molar-refractivity contribution in [1.82, 2.24) is 0 Å². The van der Waals surface area contributed by atoms with E-state index >= 15 is 0 Å². The molecule has 0 aliphatic heterocycles. The van der Waals surface area contributed by atoms with Crippen LogP contribution in [-0.4, -0.2) is 24.6 Å². The summed E-state index contributed by atoms with van der Waals surface area (Å²) in [5.41, 5.74) is 1.09. The fourth-order valence-electron chi connectivity index (χ4n) is 9.41. The Morgan fingerprint density at radius 3 is 2.53 bits per heavy atom. The van der Waals surface area contributed by atoms with Crippen molar-refractivity contribution >= 4 is 17.5 Å². The van der Waals surface area contributed by atoms with Crippen LogP contribution in [0, 0.1) is 56.7 Å². The lowest BCUT2D eigenvalue weighted by atomic mass is 9.39. The molecule has 0 N–H and O–H groups in total.